The van der Waals surface area contributed by atoms with Crippen LogP contribution in [0.15, 0.2) is 17.0 Å². The van der Waals surface area contributed by atoms with Gasteiger partial charge < -0.3 is 5.73 Å². The van der Waals surface area contributed by atoms with Gasteiger partial charge in [0.05, 0.1) is 12.2 Å². The summed E-state index contributed by atoms with van der Waals surface area (Å²) < 4.78 is 61.6. The normalized spacial score (nSPS) is 12.1. The van der Waals surface area contributed by atoms with E-state index in [1.54, 1.807) is 0 Å². The molecule has 0 bridgehead atoms. The van der Waals surface area contributed by atoms with Crippen molar-refractivity contribution in [3.8, 4) is 0 Å². The summed E-state index contributed by atoms with van der Waals surface area (Å²) in [5.41, 5.74) is 4.70. The molecule has 17 heavy (non-hydrogen) atoms. The van der Waals surface area contributed by atoms with Crippen molar-refractivity contribution in [3.05, 3.63) is 23.0 Å². The van der Waals surface area contributed by atoms with E-state index in [4.69, 9.17) is 17.3 Å². The van der Waals surface area contributed by atoms with Gasteiger partial charge in [-0.25, -0.2) is 26.3 Å². The maximum atomic E-state index is 13.4. The summed E-state index contributed by atoms with van der Waals surface area (Å²) in [4.78, 5) is -0.858. The number of rotatable bonds is 4. The summed E-state index contributed by atoms with van der Waals surface area (Å²) in [5, 5.41) is -0.110. The lowest BCUT2D eigenvalue weighted by atomic mass is 10.3. The molecule has 1 aromatic rings. The van der Waals surface area contributed by atoms with Crippen molar-refractivity contribution in [1.29, 1.82) is 0 Å². The third-order valence-corrected chi connectivity index (χ3v) is 3.39. The van der Waals surface area contributed by atoms with Gasteiger partial charge in [-0.05, 0) is 12.1 Å². The predicted octanol–water partition coefficient (Wildman–Crippen LogP) is 1.60. The van der Waals surface area contributed by atoms with Gasteiger partial charge in [0.2, 0.25) is 10.0 Å². The molecular formula is C8H8ClF3N2O2S. The summed E-state index contributed by atoms with van der Waals surface area (Å²) in [6.45, 7) is -1.12. The highest BCUT2D eigenvalue weighted by Crippen LogP contribution is 2.25. The minimum Gasteiger partial charge on any atom is -0.396 e. The molecule has 0 aromatic heterocycles. The Kier molecular flexibility index (Phi) is 4.23. The molecule has 0 aliphatic carbocycles. The van der Waals surface area contributed by atoms with Crippen molar-refractivity contribution in [2.75, 3.05) is 12.3 Å². The van der Waals surface area contributed by atoms with E-state index >= 15 is 0 Å². The van der Waals surface area contributed by atoms with Gasteiger partial charge >= 0.3 is 0 Å². The Morgan fingerprint density at radius 2 is 2.00 bits per heavy atom. The lowest BCUT2D eigenvalue weighted by Crippen LogP contribution is -2.29. The van der Waals surface area contributed by atoms with Crippen molar-refractivity contribution >= 4 is 27.3 Å². The number of hydrogen-bond donors (Lipinski definition) is 2. The van der Waals surface area contributed by atoms with Crippen LogP contribution in [0.4, 0.5) is 18.9 Å². The molecule has 3 N–H and O–H groups in total. The van der Waals surface area contributed by atoms with Crippen LogP contribution in [-0.4, -0.2) is 21.4 Å². The van der Waals surface area contributed by atoms with Crippen LogP contribution in [-0.2, 0) is 10.0 Å². The molecule has 0 aliphatic heterocycles. The van der Waals surface area contributed by atoms with Crippen LogP contribution in [0.2, 0.25) is 5.02 Å². The molecule has 0 fully saturated rings. The van der Waals surface area contributed by atoms with Crippen LogP contribution < -0.4 is 10.5 Å². The molecule has 0 spiro atoms. The van der Waals surface area contributed by atoms with E-state index in [0.29, 0.717) is 0 Å². The molecule has 9 heteroatoms. The van der Waals surface area contributed by atoms with Gasteiger partial charge in [0, 0.05) is 5.02 Å². The molecule has 0 saturated heterocycles. The van der Waals surface area contributed by atoms with Crippen LogP contribution in [0, 0.1) is 5.82 Å². The Morgan fingerprint density at radius 3 is 2.53 bits per heavy atom. The number of sulfonamides is 1. The van der Waals surface area contributed by atoms with Gasteiger partial charge in [0.15, 0.2) is 5.82 Å². The van der Waals surface area contributed by atoms with Crippen LogP contribution in [0.25, 0.3) is 0 Å². The zero-order valence-corrected chi connectivity index (χ0v) is 9.83. The first-order chi connectivity index (χ1) is 7.74. The van der Waals surface area contributed by atoms with E-state index in [9.17, 15) is 21.6 Å². The number of hydrogen-bond acceptors (Lipinski definition) is 3. The standard InChI is InChI=1S/C8H8ClF3N2O2S/c9-4-1-5(13)8(12)6(2-4)17(15,16)14-3-7(10)11/h1-2,7,14H,3,13H2. The quantitative estimate of drug-likeness (QED) is 0.827. The largest absolute Gasteiger partial charge is 0.396 e. The van der Waals surface area contributed by atoms with Crippen LogP contribution in [0.5, 0.6) is 0 Å². The number of anilines is 1. The summed E-state index contributed by atoms with van der Waals surface area (Å²) in [7, 11) is -4.40. The van der Waals surface area contributed by atoms with Gasteiger partial charge in [-0.3, -0.25) is 0 Å². The van der Waals surface area contributed by atoms with E-state index < -0.39 is 39.4 Å². The second-order valence-corrected chi connectivity index (χ2v) is 5.22. The SMILES string of the molecule is Nc1cc(Cl)cc(S(=O)(=O)NCC(F)F)c1F. The smallest absolute Gasteiger partial charge is 0.251 e. The van der Waals surface area contributed by atoms with Crippen molar-refractivity contribution in [1.82, 2.24) is 4.72 Å². The van der Waals surface area contributed by atoms with Gasteiger partial charge in [-0.15, -0.1) is 0 Å². The molecule has 0 heterocycles. The average Bonchev–Trinajstić information content (AvgIpc) is 2.20. The van der Waals surface area contributed by atoms with E-state index in [0.717, 1.165) is 12.1 Å². The topological polar surface area (TPSA) is 72.2 Å². The van der Waals surface area contributed by atoms with Crippen LogP contribution >= 0.6 is 11.6 Å². The minimum atomic E-state index is -4.40. The van der Waals surface area contributed by atoms with Crippen LogP contribution in [0.3, 0.4) is 0 Å². The summed E-state index contributed by atoms with van der Waals surface area (Å²) in [5.74, 6) is -1.23. The maximum Gasteiger partial charge on any atom is 0.251 e. The second-order valence-electron chi connectivity index (χ2n) is 3.05. The Hall–Kier alpha value is -0.990. The average molecular weight is 289 g/mol. The van der Waals surface area contributed by atoms with Crippen molar-refractivity contribution in [3.63, 3.8) is 0 Å². The Balaban J connectivity index is 3.15. The van der Waals surface area contributed by atoms with Gasteiger partial charge in [-0.1, -0.05) is 11.6 Å². The van der Waals surface area contributed by atoms with Gasteiger partial charge in [0.25, 0.3) is 6.43 Å². The maximum absolute atomic E-state index is 13.4. The molecule has 4 nitrogen and oxygen atoms in total. The zero-order chi connectivity index (χ0) is 13.2. The molecule has 0 atom stereocenters. The highest BCUT2D eigenvalue weighted by Gasteiger charge is 2.22. The predicted molar refractivity (Wildman–Crippen MR) is 57.0 cm³/mol. The summed E-state index contributed by atoms with van der Waals surface area (Å²) >= 11 is 5.50. The molecule has 0 unspecified atom stereocenters. The van der Waals surface area contributed by atoms with E-state index in [1.807, 2.05) is 0 Å². The highest BCUT2D eigenvalue weighted by atomic mass is 35.5. The Morgan fingerprint density at radius 1 is 1.41 bits per heavy atom. The number of nitrogens with two attached hydrogens (primary N) is 1. The lowest BCUT2D eigenvalue weighted by molar-refractivity contribution is 0.153. The highest BCUT2D eigenvalue weighted by molar-refractivity contribution is 7.89. The molecule has 0 saturated carbocycles. The van der Waals surface area contributed by atoms with Crippen molar-refractivity contribution in [2.24, 2.45) is 0 Å². The third kappa shape index (κ3) is 3.48. The third-order valence-electron chi connectivity index (χ3n) is 1.75. The first-order valence-corrected chi connectivity index (χ1v) is 6.12. The fourth-order valence-corrected chi connectivity index (χ4v) is 2.46. The molecule has 0 aliphatic rings. The zero-order valence-electron chi connectivity index (χ0n) is 8.25. The molecule has 0 amide bonds. The number of nitrogens with one attached hydrogen (secondary N) is 1. The number of benzene rings is 1. The number of alkyl halides is 2. The van der Waals surface area contributed by atoms with E-state index in [2.05, 4.69) is 0 Å². The minimum absolute atomic E-state index is 0.110. The second kappa shape index (κ2) is 5.11. The monoisotopic (exact) mass is 288 g/mol. The van der Waals surface area contributed by atoms with Crippen molar-refractivity contribution < 1.29 is 21.6 Å². The first kappa shape index (κ1) is 14.1. The number of halogens is 4. The summed E-state index contributed by atoms with van der Waals surface area (Å²) in [6.07, 6.45) is -2.88. The molecule has 0 radical (unpaired) electrons. The molecule has 96 valence electrons. The summed E-state index contributed by atoms with van der Waals surface area (Å²) in [6, 6.07) is 1.81. The van der Waals surface area contributed by atoms with E-state index in [-0.39, 0.29) is 5.02 Å². The Bertz CT molecular complexity index is 522. The lowest BCUT2D eigenvalue weighted by Gasteiger charge is -2.09. The molecular weight excluding hydrogens is 281 g/mol. The van der Waals surface area contributed by atoms with Crippen LogP contribution in [0.1, 0.15) is 0 Å². The fourth-order valence-electron chi connectivity index (χ4n) is 1.03. The first-order valence-electron chi connectivity index (χ1n) is 4.26. The fraction of sp³-hybridized carbons (Fsp3) is 0.250. The Labute approximate surface area is 101 Å². The van der Waals surface area contributed by atoms with E-state index in [1.165, 1.54) is 4.72 Å². The van der Waals surface area contributed by atoms with Gasteiger partial charge in [0.1, 0.15) is 4.90 Å². The van der Waals surface area contributed by atoms with Gasteiger partial charge in [-0.2, -0.15) is 0 Å². The number of nitrogen functional groups attached to an aromatic ring is 1. The molecule has 1 aromatic carbocycles. The van der Waals surface area contributed by atoms with Crippen molar-refractivity contribution in [2.45, 2.75) is 11.3 Å². The molecule has 1 rings (SSSR count).